The number of esters is 1. The Bertz CT molecular complexity index is 651. The van der Waals surface area contributed by atoms with Crippen LogP contribution in [-0.2, 0) is 14.4 Å². The number of carbonyl (C=O) groups excluding carboxylic acids is 1. The number of oxime groups is 1. The van der Waals surface area contributed by atoms with Crippen molar-refractivity contribution in [1.82, 2.24) is 0 Å². The van der Waals surface area contributed by atoms with Crippen LogP contribution < -0.4 is 9.47 Å². The second-order valence-corrected chi connectivity index (χ2v) is 6.59. The highest BCUT2D eigenvalue weighted by Crippen LogP contribution is 2.43. The molecule has 3 rings (SSSR count). The fourth-order valence-corrected chi connectivity index (χ4v) is 3.14. The number of benzene rings is 1. The van der Waals surface area contributed by atoms with Gasteiger partial charge in [-0.2, -0.15) is 0 Å². The first kappa shape index (κ1) is 17.6. The van der Waals surface area contributed by atoms with Crippen LogP contribution in [0, 0.1) is 0 Å². The summed E-state index contributed by atoms with van der Waals surface area (Å²) in [4.78, 5) is 16.8. The molecule has 1 aliphatic carbocycles. The highest BCUT2D eigenvalue weighted by Gasteiger charge is 2.44. The summed E-state index contributed by atoms with van der Waals surface area (Å²) in [6, 6.07) is 5.84. The van der Waals surface area contributed by atoms with Crippen molar-refractivity contribution in [1.29, 1.82) is 0 Å². The van der Waals surface area contributed by atoms with Gasteiger partial charge in [-0.15, -0.1) is 0 Å². The molecule has 6 heteroatoms. The molecular formula is C19H25NO5. The third kappa shape index (κ3) is 4.06. The van der Waals surface area contributed by atoms with Crippen LogP contribution in [-0.4, -0.2) is 38.1 Å². The van der Waals surface area contributed by atoms with Gasteiger partial charge in [-0.05, 0) is 50.3 Å². The molecule has 1 heterocycles. The molecule has 1 spiro atoms. The standard InChI is InChI=1S/C19H25NO5/c1-22-16-8-7-14(15-13-19(25-20-15)9-5-10-19)12-17(16)24-11-4-3-6-18(21)23-2/h7-8,12H,3-6,9-11,13H2,1-2H3. The maximum absolute atomic E-state index is 11.1. The van der Waals surface area contributed by atoms with Gasteiger partial charge in [0.05, 0.1) is 26.5 Å². The van der Waals surface area contributed by atoms with E-state index in [9.17, 15) is 4.79 Å². The minimum absolute atomic E-state index is 0.0514. The predicted octanol–water partition coefficient (Wildman–Crippen LogP) is 3.46. The predicted molar refractivity (Wildman–Crippen MR) is 93.2 cm³/mol. The Labute approximate surface area is 148 Å². The molecule has 0 unspecified atom stereocenters. The highest BCUT2D eigenvalue weighted by molar-refractivity contribution is 6.02. The second kappa shape index (κ2) is 7.76. The number of ether oxygens (including phenoxy) is 3. The van der Waals surface area contributed by atoms with Crippen molar-refractivity contribution >= 4 is 11.7 Å². The van der Waals surface area contributed by atoms with E-state index in [2.05, 4.69) is 9.89 Å². The Morgan fingerprint density at radius 1 is 1.24 bits per heavy atom. The quantitative estimate of drug-likeness (QED) is 0.532. The maximum atomic E-state index is 11.1. The van der Waals surface area contributed by atoms with Crippen molar-refractivity contribution in [2.24, 2.45) is 5.16 Å². The molecule has 0 aromatic heterocycles. The van der Waals surface area contributed by atoms with E-state index in [1.807, 2.05) is 18.2 Å². The van der Waals surface area contributed by atoms with Crippen LogP contribution in [0.25, 0.3) is 0 Å². The molecule has 0 atom stereocenters. The molecule has 0 bridgehead atoms. The Hall–Kier alpha value is -2.24. The zero-order valence-corrected chi connectivity index (χ0v) is 14.9. The summed E-state index contributed by atoms with van der Waals surface area (Å²) in [5, 5.41) is 4.29. The molecule has 0 saturated heterocycles. The number of nitrogens with zero attached hydrogens (tertiary/aromatic N) is 1. The topological polar surface area (TPSA) is 66.4 Å². The zero-order valence-electron chi connectivity index (χ0n) is 14.9. The number of unbranched alkanes of at least 4 members (excludes halogenated alkanes) is 1. The molecule has 0 radical (unpaired) electrons. The third-order valence-electron chi connectivity index (χ3n) is 4.86. The van der Waals surface area contributed by atoms with Gasteiger partial charge in [0.25, 0.3) is 0 Å². The number of hydrogen-bond acceptors (Lipinski definition) is 6. The van der Waals surface area contributed by atoms with Gasteiger partial charge >= 0.3 is 5.97 Å². The Morgan fingerprint density at radius 2 is 2.08 bits per heavy atom. The molecule has 6 nitrogen and oxygen atoms in total. The van der Waals surface area contributed by atoms with Gasteiger partial charge in [-0.25, -0.2) is 0 Å². The van der Waals surface area contributed by atoms with Crippen molar-refractivity contribution in [3.63, 3.8) is 0 Å². The Balaban J connectivity index is 1.58. The first-order valence-corrected chi connectivity index (χ1v) is 8.79. The largest absolute Gasteiger partial charge is 0.493 e. The van der Waals surface area contributed by atoms with E-state index in [4.69, 9.17) is 14.3 Å². The lowest BCUT2D eigenvalue weighted by Gasteiger charge is -2.34. The smallest absolute Gasteiger partial charge is 0.305 e. The summed E-state index contributed by atoms with van der Waals surface area (Å²) in [6.45, 7) is 0.518. The van der Waals surface area contributed by atoms with Gasteiger partial charge < -0.3 is 19.0 Å². The lowest BCUT2D eigenvalue weighted by atomic mass is 9.76. The van der Waals surface area contributed by atoms with Crippen LogP contribution >= 0.6 is 0 Å². The molecule has 1 saturated carbocycles. The van der Waals surface area contributed by atoms with Crippen LogP contribution in [0.5, 0.6) is 11.5 Å². The summed E-state index contributed by atoms with van der Waals surface area (Å²) >= 11 is 0. The van der Waals surface area contributed by atoms with Crippen molar-refractivity contribution in [2.45, 2.75) is 50.5 Å². The van der Waals surface area contributed by atoms with Gasteiger partial charge in [-0.1, -0.05) is 5.16 Å². The van der Waals surface area contributed by atoms with E-state index in [1.54, 1.807) is 7.11 Å². The average molecular weight is 347 g/mol. The molecule has 1 fully saturated rings. The minimum Gasteiger partial charge on any atom is -0.493 e. The third-order valence-corrected chi connectivity index (χ3v) is 4.86. The lowest BCUT2D eigenvalue weighted by Crippen LogP contribution is -2.36. The number of hydrogen-bond donors (Lipinski definition) is 0. The fraction of sp³-hybridized carbons (Fsp3) is 0.579. The van der Waals surface area contributed by atoms with Crippen molar-refractivity contribution in [2.75, 3.05) is 20.8 Å². The van der Waals surface area contributed by atoms with Crippen molar-refractivity contribution in [3.05, 3.63) is 23.8 Å². The Morgan fingerprint density at radius 3 is 2.72 bits per heavy atom. The van der Waals surface area contributed by atoms with E-state index in [0.717, 1.165) is 43.4 Å². The first-order chi connectivity index (χ1) is 12.2. The summed E-state index contributed by atoms with van der Waals surface area (Å²) < 4.78 is 15.9. The van der Waals surface area contributed by atoms with Crippen LogP contribution in [0.1, 0.15) is 50.5 Å². The minimum atomic E-state index is -0.191. The molecule has 1 aromatic rings. The monoisotopic (exact) mass is 347 g/mol. The van der Waals surface area contributed by atoms with Crippen LogP contribution in [0.3, 0.4) is 0 Å². The molecular weight excluding hydrogens is 322 g/mol. The van der Waals surface area contributed by atoms with Gasteiger partial charge in [-0.3, -0.25) is 4.79 Å². The Kier molecular flexibility index (Phi) is 5.46. The molecule has 25 heavy (non-hydrogen) atoms. The van der Waals surface area contributed by atoms with E-state index in [-0.39, 0.29) is 11.6 Å². The van der Waals surface area contributed by atoms with Gasteiger partial charge in [0.1, 0.15) is 5.60 Å². The highest BCUT2D eigenvalue weighted by atomic mass is 16.7. The van der Waals surface area contributed by atoms with E-state index in [0.29, 0.717) is 24.5 Å². The maximum Gasteiger partial charge on any atom is 0.305 e. The molecule has 0 N–H and O–H groups in total. The SMILES string of the molecule is COC(=O)CCCCOc1cc(C2=NOC3(CCC3)C2)ccc1OC. The van der Waals surface area contributed by atoms with Gasteiger partial charge in [0.15, 0.2) is 11.5 Å². The molecule has 1 aliphatic heterocycles. The average Bonchev–Trinajstić information content (AvgIpc) is 3.07. The summed E-state index contributed by atoms with van der Waals surface area (Å²) in [6.07, 6.45) is 6.16. The van der Waals surface area contributed by atoms with Gasteiger partial charge in [0.2, 0.25) is 0 Å². The molecule has 1 aromatic carbocycles. The second-order valence-electron chi connectivity index (χ2n) is 6.59. The number of methoxy groups -OCH3 is 2. The van der Waals surface area contributed by atoms with Crippen molar-refractivity contribution in [3.8, 4) is 11.5 Å². The normalized spacial score (nSPS) is 17.4. The van der Waals surface area contributed by atoms with E-state index >= 15 is 0 Å². The lowest BCUT2D eigenvalue weighted by molar-refractivity contribution is -0.140. The number of rotatable bonds is 8. The van der Waals surface area contributed by atoms with E-state index < -0.39 is 0 Å². The van der Waals surface area contributed by atoms with E-state index in [1.165, 1.54) is 13.5 Å². The molecule has 2 aliphatic rings. The van der Waals surface area contributed by atoms with Gasteiger partial charge in [0, 0.05) is 18.4 Å². The molecule has 136 valence electrons. The first-order valence-electron chi connectivity index (χ1n) is 8.79. The van der Waals surface area contributed by atoms with Crippen LogP contribution in [0.2, 0.25) is 0 Å². The summed E-state index contributed by atoms with van der Waals surface area (Å²) in [7, 11) is 3.02. The summed E-state index contributed by atoms with van der Waals surface area (Å²) in [5.41, 5.74) is 1.93. The fourth-order valence-electron chi connectivity index (χ4n) is 3.14. The van der Waals surface area contributed by atoms with Crippen molar-refractivity contribution < 1.29 is 23.8 Å². The van der Waals surface area contributed by atoms with Crippen LogP contribution in [0.15, 0.2) is 23.4 Å². The summed E-state index contributed by atoms with van der Waals surface area (Å²) in [5.74, 6) is 1.19. The zero-order chi connectivity index (χ0) is 17.7. The van der Waals surface area contributed by atoms with Crippen LogP contribution in [0.4, 0.5) is 0 Å². The number of carbonyl (C=O) groups is 1. The molecule has 0 amide bonds.